The van der Waals surface area contributed by atoms with Gasteiger partial charge in [0.1, 0.15) is 5.69 Å². The van der Waals surface area contributed by atoms with E-state index in [-0.39, 0.29) is 0 Å². The highest BCUT2D eigenvalue weighted by molar-refractivity contribution is 7.98. The number of aromatic nitrogens is 1. The average molecular weight is 361 g/mol. The summed E-state index contributed by atoms with van der Waals surface area (Å²) >= 11 is 1.76. The van der Waals surface area contributed by atoms with E-state index in [0.717, 1.165) is 12.2 Å². The van der Waals surface area contributed by atoms with Gasteiger partial charge in [0.15, 0.2) is 0 Å². The van der Waals surface area contributed by atoms with Crippen LogP contribution in [0, 0.1) is 12.3 Å². The number of terminal acetylenes is 1. The highest BCUT2D eigenvalue weighted by atomic mass is 32.2. The summed E-state index contributed by atoms with van der Waals surface area (Å²) in [6, 6.07) is 17.6. The largest absolute Gasteiger partial charge is 0.313 e. The molecule has 1 aliphatic rings. The summed E-state index contributed by atoms with van der Waals surface area (Å²) in [5.74, 6) is 3.42. The molecule has 3 heteroatoms. The Morgan fingerprint density at radius 2 is 1.96 bits per heavy atom. The van der Waals surface area contributed by atoms with Gasteiger partial charge < -0.3 is 9.88 Å². The number of hydrogen-bond acceptors (Lipinski definition) is 2. The standard InChI is InChI=1S/C23H24N2S/c1-4-19-23(16(2)18-11-9-15-24-18)17-10-5-6-12-20(17)25(19)21-13-7-8-14-22(21)26-3/h1,5-8,10,12-14,16,18,24H,9,11,15H2,2-3H3. The molecular weight excluding hydrogens is 336 g/mol. The first-order chi connectivity index (χ1) is 12.8. The number of hydrogen-bond donors (Lipinski definition) is 1. The molecule has 2 aromatic carbocycles. The molecule has 0 spiro atoms. The van der Waals surface area contributed by atoms with Gasteiger partial charge in [0.2, 0.25) is 0 Å². The molecule has 1 fully saturated rings. The van der Waals surface area contributed by atoms with Crippen LogP contribution in [0.25, 0.3) is 16.6 Å². The minimum absolute atomic E-state index is 0.385. The van der Waals surface area contributed by atoms with Gasteiger partial charge in [0.25, 0.3) is 0 Å². The zero-order valence-electron chi connectivity index (χ0n) is 15.3. The summed E-state index contributed by atoms with van der Waals surface area (Å²) in [5, 5.41) is 4.94. The smallest absolute Gasteiger partial charge is 0.101 e. The van der Waals surface area contributed by atoms with Gasteiger partial charge in [-0.05, 0) is 55.3 Å². The van der Waals surface area contributed by atoms with Crippen LogP contribution in [0.15, 0.2) is 53.4 Å². The Morgan fingerprint density at radius 1 is 1.19 bits per heavy atom. The van der Waals surface area contributed by atoms with Crippen molar-refractivity contribution in [3.8, 4) is 18.0 Å². The Labute approximate surface area is 160 Å². The van der Waals surface area contributed by atoms with Crippen LogP contribution in [0.1, 0.15) is 36.9 Å². The van der Waals surface area contributed by atoms with E-state index in [1.54, 1.807) is 11.8 Å². The van der Waals surface area contributed by atoms with Gasteiger partial charge in [0, 0.05) is 16.3 Å². The maximum atomic E-state index is 6.08. The van der Waals surface area contributed by atoms with Crippen LogP contribution < -0.4 is 5.32 Å². The van der Waals surface area contributed by atoms with Gasteiger partial charge in [-0.3, -0.25) is 0 Å². The van der Waals surface area contributed by atoms with Gasteiger partial charge in [-0.15, -0.1) is 18.2 Å². The van der Waals surface area contributed by atoms with Crippen molar-refractivity contribution in [2.24, 2.45) is 0 Å². The maximum Gasteiger partial charge on any atom is 0.101 e. The Bertz CT molecular complexity index is 974. The highest BCUT2D eigenvalue weighted by Gasteiger charge is 2.28. The molecule has 2 heterocycles. The molecule has 1 N–H and O–H groups in total. The van der Waals surface area contributed by atoms with E-state index in [4.69, 9.17) is 6.42 Å². The van der Waals surface area contributed by atoms with E-state index in [9.17, 15) is 0 Å². The number of benzene rings is 2. The van der Waals surface area contributed by atoms with Gasteiger partial charge in [0.05, 0.1) is 11.2 Å². The summed E-state index contributed by atoms with van der Waals surface area (Å²) < 4.78 is 2.28. The fourth-order valence-electron chi connectivity index (χ4n) is 4.27. The molecule has 26 heavy (non-hydrogen) atoms. The van der Waals surface area contributed by atoms with Crippen molar-refractivity contribution < 1.29 is 0 Å². The first-order valence-electron chi connectivity index (χ1n) is 9.23. The molecule has 4 rings (SSSR count). The molecular formula is C23H24N2S. The van der Waals surface area contributed by atoms with Crippen molar-refractivity contribution in [2.75, 3.05) is 12.8 Å². The Morgan fingerprint density at radius 3 is 2.69 bits per heavy atom. The molecule has 1 saturated heterocycles. The fraction of sp³-hybridized carbons (Fsp3) is 0.304. The summed E-state index contributed by atoms with van der Waals surface area (Å²) in [6.07, 6.45) is 10.7. The van der Waals surface area contributed by atoms with E-state index in [1.165, 1.54) is 39.9 Å². The van der Waals surface area contributed by atoms with E-state index in [0.29, 0.717) is 12.0 Å². The Balaban J connectivity index is 2.01. The van der Waals surface area contributed by atoms with Gasteiger partial charge >= 0.3 is 0 Å². The first kappa shape index (κ1) is 17.3. The zero-order chi connectivity index (χ0) is 18.1. The van der Waals surface area contributed by atoms with Crippen molar-refractivity contribution in [1.82, 2.24) is 9.88 Å². The normalized spacial score (nSPS) is 18.1. The van der Waals surface area contributed by atoms with Crippen molar-refractivity contribution in [3.63, 3.8) is 0 Å². The number of nitrogens with zero attached hydrogens (tertiary/aromatic N) is 1. The van der Waals surface area contributed by atoms with E-state index in [1.807, 2.05) is 0 Å². The molecule has 1 aliphatic heterocycles. The monoisotopic (exact) mass is 360 g/mol. The van der Waals surface area contributed by atoms with E-state index in [2.05, 4.69) is 77.5 Å². The maximum absolute atomic E-state index is 6.08. The van der Waals surface area contributed by atoms with Gasteiger partial charge in [-0.2, -0.15) is 0 Å². The third kappa shape index (κ3) is 2.74. The second-order valence-corrected chi connectivity index (χ2v) is 7.77. The van der Waals surface area contributed by atoms with Crippen LogP contribution in [0.5, 0.6) is 0 Å². The molecule has 2 atom stereocenters. The van der Waals surface area contributed by atoms with Crippen LogP contribution in [-0.2, 0) is 0 Å². The van der Waals surface area contributed by atoms with Crippen molar-refractivity contribution in [1.29, 1.82) is 0 Å². The highest BCUT2D eigenvalue weighted by Crippen LogP contribution is 2.38. The van der Waals surface area contributed by atoms with Crippen LogP contribution >= 0.6 is 11.8 Å². The number of nitrogens with one attached hydrogen (secondary N) is 1. The van der Waals surface area contributed by atoms with E-state index >= 15 is 0 Å². The quantitative estimate of drug-likeness (QED) is 0.509. The summed E-state index contributed by atoms with van der Waals surface area (Å²) in [5.41, 5.74) is 4.66. The van der Waals surface area contributed by atoms with Crippen LogP contribution in [0.4, 0.5) is 0 Å². The average Bonchev–Trinajstić information content (AvgIpc) is 3.33. The lowest BCUT2D eigenvalue weighted by Crippen LogP contribution is -2.27. The number of thioether (sulfide) groups is 1. The minimum atomic E-state index is 0.385. The third-order valence-electron chi connectivity index (χ3n) is 5.53. The van der Waals surface area contributed by atoms with Gasteiger partial charge in [-0.1, -0.05) is 43.2 Å². The molecule has 2 unspecified atom stereocenters. The first-order valence-corrected chi connectivity index (χ1v) is 10.5. The lowest BCUT2D eigenvalue weighted by atomic mass is 9.90. The molecule has 132 valence electrons. The van der Waals surface area contributed by atoms with Crippen molar-refractivity contribution in [2.45, 2.75) is 36.6 Å². The molecule has 3 aromatic rings. The van der Waals surface area contributed by atoms with Crippen LogP contribution in [0.2, 0.25) is 0 Å². The fourth-order valence-corrected chi connectivity index (χ4v) is 4.86. The summed E-state index contributed by atoms with van der Waals surface area (Å²) in [4.78, 5) is 1.24. The van der Waals surface area contributed by atoms with Crippen LogP contribution in [-0.4, -0.2) is 23.4 Å². The topological polar surface area (TPSA) is 17.0 Å². The van der Waals surface area contributed by atoms with Crippen molar-refractivity contribution >= 4 is 22.7 Å². The van der Waals surface area contributed by atoms with Gasteiger partial charge in [-0.25, -0.2) is 0 Å². The van der Waals surface area contributed by atoms with Crippen molar-refractivity contribution in [3.05, 3.63) is 59.8 Å². The van der Waals surface area contributed by atoms with E-state index < -0.39 is 0 Å². The number of para-hydroxylation sites is 2. The lowest BCUT2D eigenvalue weighted by Gasteiger charge is -2.20. The molecule has 0 saturated carbocycles. The summed E-state index contributed by atoms with van der Waals surface area (Å²) in [7, 11) is 0. The minimum Gasteiger partial charge on any atom is -0.313 e. The zero-order valence-corrected chi connectivity index (χ0v) is 16.1. The summed E-state index contributed by atoms with van der Waals surface area (Å²) in [6.45, 7) is 3.42. The molecule has 0 radical (unpaired) electrons. The predicted octanol–water partition coefficient (Wildman–Crippen LogP) is 5.19. The Kier molecular flexibility index (Phi) is 4.80. The third-order valence-corrected chi connectivity index (χ3v) is 6.32. The number of rotatable bonds is 4. The SMILES string of the molecule is C#Cc1c(C(C)C2CCCN2)c2ccccc2n1-c1ccccc1SC. The molecule has 1 aromatic heterocycles. The molecule has 0 bridgehead atoms. The molecule has 0 aliphatic carbocycles. The molecule has 0 amide bonds. The second kappa shape index (κ2) is 7.23. The molecule has 2 nitrogen and oxygen atoms in total. The number of fused-ring (bicyclic) bond motifs is 1. The van der Waals surface area contributed by atoms with Crippen LogP contribution in [0.3, 0.4) is 0 Å². The second-order valence-electron chi connectivity index (χ2n) is 6.92. The lowest BCUT2D eigenvalue weighted by molar-refractivity contribution is 0.519. The Hall–Kier alpha value is -2.15. The predicted molar refractivity (Wildman–Crippen MR) is 112 cm³/mol.